The van der Waals surface area contributed by atoms with Crippen molar-refractivity contribution in [2.75, 3.05) is 0 Å². The van der Waals surface area contributed by atoms with Crippen molar-refractivity contribution >= 4 is 80.9 Å². The third-order valence-corrected chi connectivity index (χ3v) is 14.9. The Balaban J connectivity index is 1.14. The molecule has 2 atom stereocenters. The van der Waals surface area contributed by atoms with Gasteiger partial charge < -0.3 is 0 Å². The number of thiophene rings is 1. The lowest BCUT2D eigenvalue weighted by Gasteiger charge is -2.32. The molecule has 4 heteroatoms. The first-order valence-electron chi connectivity index (χ1n) is 20.8. The molecule has 0 N–H and O–H groups in total. The lowest BCUT2D eigenvalue weighted by molar-refractivity contribution is 0.666. The molecule has 0 saturated carbocycles. The van der Waals surface area contributed by atoms with Crippen LogP contribution >= 0.6 is 11.3 Å². The summed E-state index contributed by atoms with van der Waals surface area (Å²) in [5, 5.41) is 10.2. The van der Waals surface area contributed by atoms with Crippen molar-refractivity contribution in [3.63, 3.8) is 0 Å². The van der Waals surface area contributed by atoms with Crippen molar-refractivity contribution in [1.82, 2.24) is 14.5 Å². The first kappa shape index (κ1) is 32.1. The van der Waals surface area contributed by atoms with Crippen molar-refractivity contribution in [1.29, 1.82) is 0 Å². The second kappa shape index (κ2) is 11.6. The maximum Gasteiger partial charge on any atom is 0.235 e. The minimum Gasteiger partial charge on any atom is -0.277 e. The van der Waals surface area contributed by atoms with Gasteiger partial charge in [-0.1, -0.05) is 140 Å². The highest BCUT2D eigenvalue weighted by molar-refractivity contribution is 7.25. The molecule has 0 radical (unpaired) electrons. The van der Waals surface area contributed by atoms with Crippen LogP contribution in [-0.4, -0.2) is 14.5 Å². The van der Waals surface area contributed by atoms with E-state index in [1.807, 2.05) is 11.3 Å². The van der Waals surface area contributed by atoms with Gasteiger partial charge in [0.1, 0.15) is 0 Å². The average molecular weight is 770 g/mol. The van der Waals surface area contributed by atoms with Crippen LogP contribution < -0.4 is 0 Å². The van der Waals surface area contributed by atoms with Crippen LogP contribution in [0.25, 0.3) is 109 Å². The Bertz CT molecular complexity index is 3710. The Morgan fingerprint density at radius 1 is 0.610 bits per heavy atom. The fourth-order valence-electron chi connectivity index (χ4n) is 11.4. The fraction of sp³-hybridized carbons (Fsp3) is 0.0909. The Labute approximate surface area is 344 Å². The molecule has 3 aliphatic carbocycles. The molecule has 2 unspecified atom stereocenters. The number of hydrogen-bond donors (Lipinski definition) is 0. The molecule has 8 aromatic carbocycles. The first-order valence-corrected chi connectivity index (χ1v) is 21.7. The summed E-state index contributed by atoms with van der Waals surface area (Å²) < 4.78 is 5.02. The predicted octanol–water partition coefficient (Wildman–Crippen LogP) is 14.8. The van der Waals surface area contributed by atoms with E-state index in [2.05, 4.69) is 169 Å². The van der Waals surface area contributed by atoms with E-state index in [0.717, 1.165) is 41.3 Å². The molecule has 0 amide bonds. The maximum absolute atomic E-state index is 5.70. The van der Waals surface area contributed by atoms with Crippen LogP contribution in [-0.2, 0) is 6.42 Å². The van der Waals surface area contributed by atoms with Gasteiger partial charge in [0.15, 0.2) is 0 Å². The first-order chi connectivity index (χ1) is 29.2. The van der Waals surface area contributed by atoms with Gasteiger partial charge in [-0.3, -0.25) is 4.57 Å². The number of aromatic nitrogens is 3. The Morgan fingerprint density at radius 3 is 2.31 bits per heavy atom. The zero-order valence-electron chi connectivity index (χ0n) is 32.3. The minimum absolute atomic E-state index is 0.245. The summed E-state index contributed by atoms with van der Waals surface area (Å²) >= 11 is 1.86. The lowest BCUT2D eigenvalue weighted by atomic mass is 9.71. The Kier molecular flexibility index (Phi) is 6.33. The molecule has 3 aliphatic rings. The van der Waals surface area contributed by atoms with E-state index in [-0.39, 0.29) is 5.92 Å². The van der Waals surface area contributed by atoms with Crippen molar-refractivity contribution < 1.29 is 0 Å². The largest absolute Gasteiger partial charge is 0.277 e. The highest BCUT2D eigenvalue weighted by Crippen LogP contribution is 2.62. The number of rotatable bonds is 2. The van der Waals surface area contributed by atoms with E-state index >= 15 is 0 Å². The van der Waals surface area contributed by atoms with Gasteiger partial charge in [-0.2, -0.15) is 0 Å². The minimum atomic E-state index is 0.245. The van der Waals surface area contributed by atoms with E-state index in [1.54, 1.807) is 0 Å². The summed E-state index contributed by atoms with van der Waals surface area (Å²) in [7, 11) is 0. The SMILES string of the molecule is CC1c2ccccc2-c2cccc3c2C1c1c-3c2c3c4ccccc4ccc3n(-c3nc4c(c(-c5ccc6c(c5)sc5ccccc56)n3)CCC=C4)c2c2ccccc12. The number of benzene rings is 8. The smallest absolute Gasteiger partial charge is 0.235 e. The third-order valence-electron chi connectivity index (χ3n) is 13.8. The third kappa shape index (κ3) is 4.16. The number of nitrogens with zero attached hydrogens (tertiary/aromatic N) is 3. The van der Waals surface area contributed by atoms with Gasteiger partial charge in [0.25, 0.3) is 0 Å². The number of hydrogen-bond acceptors (Lipinski definition) is 3. The van der Waals surface area contributed by atoms with E-state index < -0.39 is 0 Å². The molecule has 3 heterocycles. The maximum atomic E-state index is 5.70. The van der Waals surface area contributed by atoms with Crippen LogP contribution in [0.15, 0.2) is 152 Å². The van der Waals surface area contributed by atoms with Gasteiger partial charge in [0.05, 0.1) is 22.4 Å². The second-order valence-electron chi connectivity index (χ2n) is 16.7. The number of fused-ring (bicyclic) bond motifs is 18. The molecule has 0 aliphatic heterocycles. The zero-order valence-corrected chi connectivity index (χ0v) is 33.1. The van der Waals surface area contributed by atoms with Crippen LogP contribution in [0.5, 0.6) is 0 Å². The van der Waals surface area contributed by atoms with Gasteiger partial charge in [-0.05, 0) is 98.1 Å². The zero-order chi connectivity index (χ0) is 38.5. The van der Waals surface area contributed by atoms with Crippen molar-refractivity contribution in [2.45, 2.75) is 31.6 Å². The molecule has 276 valence electrons. The van der Waals surface area contributed by atoms with E-state index in [1.165, 1.54) is 103 Å². The monoisotopic (exact) mass is 769 g/mol. The van der Waals surface area contributed by atoms with Crippen LogP contribution in [0.1, 0.15) is 53.1 Å². The van der Waals surface area contributed by atoms with Crippen LogP contribution in [0.2, 0.25) is 0 Å². The normalized spacial score (nSPS) is 16.4. The summed E-state index contributed by atoms with van der Waals surface area (Å²) in [5.74, 6) is 1.29. The topological polar surface area (TPSA) is 30.7 Å². The Hall–Kier alpha value is -6.88. The lowest BCUT2D eigenvalue weighted by Crippen LogP contribution is -2.14. The molecule has 3 aromatic heterocycles. The number of allylic oxidation sites excluding steroid dienone is 1. The molecular formula is C55H35N3S. The molecule has 0 fully saturated rings. The molecular weight excluding hydrogens is 735 g/mol. The fourth-order valence-corrected chi connectivity index (χ4v) is 12.5. The van der Waals surface area contributed by atoms with Crippen molar-refractivity contribution in [3.05, 3.63) is 180 Å². The van der Waals surface area contributed by atoms with Gasteiger partial charge in [-0.25, -0.2) is 9.97 Å². The van der Waals surface area contributed by atoms with Crippen LogP contribution in [0, 0.1) is 0 Å². The summed E-state index contributed by atoms with van der Waals surface area (Å²) in [4.78, 5) is 11.2. The summed E-state index contributed by atoms with van der Waals surface area (Å²) in [5.41, 5.74) is 16.6. The van der Waals surface area contributed by atoms with Gasteiger partial charge >= 0.3 is 0 Å². The van der Waals surface area contributed by atoms with Crippen LogP contribution in [0.3, 0.4) is 0 Å². The molecule has 0 bridgehead atoms. The Morgan fingerprint density at radius 2 is 1.37 bits per heavy atom. The second-order valence-corrected chi connectivity index (χ2v) is 17.8. The van der Waals surface area contributed by atoms with Gasteiger partial charge in [-0.15, -0.1) is 11.3 Å². The van der Waals surface area contributed by atoms with Gasteiger partial charge in [0.2, 0.25) is 5.95 Å². The van der Waals surface area contributed by atoms with Crippen molar-refractivity contribution in [3.8, 4) is 39.5 Å². The standard InChI is InChI=1S/C55H35N3S/c1-30-33-14-4-5-16-35(33)38-21-12-22-42-48(38)47(30)50-39-18-6-7-19-40(39)54-52(51(42)50)49-34-15-3-2-13-31(34)26-28-44(49)58(54)55-56-43-23-10-8-20-41(43)53(57-55)32-25-27-37-36-17-9-11-24-45(36)59-46(37)29-32/h2-7,9-19,21-30,47H,8,20H2,1H3. The summed E-state index contributed by atoms with van der Waals surface area (Å²) in [6.45, 7) is 2.45. The predicted molar refractivity (Wildman–Crippen MR) is 248 cm³/mol. The van der Waals surface area contributed by atoms with Crippen molar-refractivity contribution in [2.24, 2.45) is 0 Å². The molecule has 59 heavy (non-hydrogen) atoms. The summed E-state index contributed by atoms with van der Waals surface area (Å²) in [6.07, 6.45) is 6.40. The van der Waals surface area contributed by atoms with E-state index in [9.17, 15) is 0 Å². The molecule has 0 spiro atoms. The molecule has 0 saturated heterocycles. The summed E-state index contributed by atoms with van der Waals surface area (Å²) in [6, 6.07) is 54.5. The van der Waals surface area contributed by atoms with Crippen LogP contribution in [0.4, 0.5) is 0 Å². The molecule has 11 aromatic rings. The average Bonchev–Trinajstić information content (AvgIpc) is 3.96. The molecule has 3 nitrogen and oxygen atoms in total. The quantitative estimate of drug-likeness (QED) is 0.175. The highest BCUT2D eigenvalue weighted by atomic mass is 32.1. The van der Waals surface area contributed by atoms with Gasteiger partial charge in [0, 0.05) is 53.4 Å². The van der Waals surface area contributed by atoms with E-state index in [0.29, 0.717) is 5.92 Å². The highest BCUT2D eigenvalue weighted by Gasteiger charge is 2.42. The molecule has 14 rings (SSSR count). The van der Waals surface area contributed by atoms with E-state index in [4.69, 9.17) is 9.97 Å².